The molecule has 7 heteroatoms. The topological polar surface area (TPSA) is 83.5 Å². The lowest BCUT2D eigenvalue weighted by molar-refractivity contribution is 0.440. The number of para-hydroxylation sites is 4. The number of aromatic amines is 1. The van der Waals surface area contributed by atoms with Crippen LogP contribution in [0.25, 0.3) is 22.1 Å². The van der Waals surface area contributed by atoms with Crippen LogP contribution in [-0.2, 0) is 26.6 Å². The minimum atomic E-state index is 0.205. The van der Waals surface area contributed by atoms with Crippen molar-refractivity contribution in [2.75, 3.05) is 6.54 Å². The number of rotatable bonds is 9. The molecule has 0 saturated carbocycles. The number of aryl methyl sites for hydroxylation is 1. The second-order valence-electron chi connectivity index (χ2n) is 11.0. The Hall–Kier alpha value is -4.33. The molecule has 0 fully saturated rings. The summed E-state index contributed by atoms with van der Waals surface area (Å²) in [5, 5.41) is 7.51. The summed E-state index contributed by atoms with van der Waals surface area (Å²) >= 11 is 0. The second kappa shape index (κ2) is 11.3. The van der Waals surface area contributed by atoms with E-state index in [9.17, 15) is 0 Å². The van der Waals surface area contributed by atoms with Gasteiger partial charge in [-0.2, -0.15) is 0 Å². The van der Waals surface area contributed by atoms with Crippen molar-refractivity contribution in [1.29, 1.82) is 0 Å². The number of pyridine rings is 1. The average Bonchev–Trinajstić information content (AvgIpc) is 3.59. The highest BCUT2D eigenvalue weighted by atomic mass is 15.1. The van der Waals surface area contributed by atoms with E-state index in [1.807, 2.05) is 30.5 Å². The molecule has 2 unspecified atom stereocenters. The first-order valence-corrected chi connectivity index (χ1v) is 14.6. The van der Waals surface area contributed by atoms with Crippen LogP contribution in [0.3, 0.4) is 0 Å². The Labute approximate surface area is 240 Å². The quantitative estimate of drug-likeness (QED) is 0.211. The number of hydrogen-bond donors (Lipinski definition) is 3. The van der Waals surface area contributed by atoms with Crippen molar-refractivity contribution in [3.05, 3.63) is 125 Å². The molecular formula is C34H35N7. The molecule has 1 aliphatic rings. The van der Waals surface area contributed by atoms with E-state index >= 15 is 0 Å². The zero-order valence-electron chi connectivity index (χ0n) is 23.3. The van der Waals surface area contributed by atoms with Crippen LogP contribution in [0, 0.1) is 0 Å². The first-order valence-electron chi connectivity index (χ1n) is 14.6. The lowest BCUT2D eigenvalue weighted by Gasteiger charge is -2.30. The minimum Gasteiger partial charge on any atom is -0.341 e. The summed E-state index contributed by atoms with van der Waals surface area (Å²) in [4.78, 5) is 18.0. The smallest absolute Gasteiger partial charge is 0.123 e. The van der Waals surface area contributed by atoms with Crippen molar-refractivity contribution in [2.45, 2.75) is 44.3 Å². The third-order valence-corrected chi connectivity index (χ3v) is 8.42. The second-order valence-corrected chi connectivity index (χ2v) is 11.0. The van der Waals surface area contributed by atoms with Gasteiger partial charge in [-0.05, 0) is 66.3 Å². The largest absolute Gasteiger partial charge is 0.341 e. The van der Waals surface area contributed by atoms with E-state index in [4.69, 9.17) is 15.0 Å². The fourth-order valence-corrected chi connectivity index (χ4v) is 6.33. The summed E-state index contributed by atoms with van der Waals surface area (Å²) in [5.41, 5.74) is 9.53. The van der Waals surface area contributed by atoms with Crippen molar-refractivity contribution in [3.63, 3.8) is 0 Å². The fraction of sp³-hybridized carbons (Fsp3) is 0.265. The lowest BCUT2D eigenvalue weighted by atomic mass is 9.82. The van der Waals surface area contributed by atoms with Gasteiger partial charge in [-0.25, -0.2) is 9.97 Å². The van der Waals surface area contributed by atoms with Crippen molar-refractivity contribution in [3.8, 4) is 0 Å². The summed E-state index contributed by atoms with van der Waals surface area (Å²) in [7, 11) is 2.10. The first-order chi connectivity index (χ1) is 20.2. The Morgan fingerprint density at radius 1 is 0.902 bits per heavy atom. The van der Waals surface area contributed by atoms with Gasteiger partial charge >= 0.3 is 0 Å². The molecule has 206 valence electrons. The molecule has 41 heavy (non-hydrogen) atoms. The highest BCUT2D eigenvalue weighted by Crippen LogP contribution is 2.36. The number of H-pyrrole nitrogens is 1. The number of nitrogens with zero attached hydrogens (tertiary/aromatic N) is 4. The van der Waals surface area contributed by atoms with Crippen molar-refractivity contribution in [2.24, 2.45) is 7.05 Å². The van der Waals surface area contributed by atoms with Crippen LogP contribution in [0.4, 0.5) is 0 Å². The van der Waals surface area contributed by atoms with Gasteiger partial charge in [-0.3, -0.25) is 4.98 Å². The highest BCUT2D eigenvalue weighted by Gasteiger charge is 2.27. The maximum Gasteiger partial charge on any atom is 0.123 e. The van der Waals surface area contributed by atoms with Crippen LogP contribution >= 0.6 is 0 Å². The van der Waals surface area contributed by atoms with E-state index in [1.54, 1.807) is 0 Å². The Morgan fingerprint density at radius 3 is 2.56 bits per heavy atom. The highest BCUT2D eigenvalue weighted by molar-refractivity contribution is 5.76. The van der Waals surface area contributed by atoms with E-state index < -0.39 is 0 Å². The van der Waals surface area contributed by atoms with Gasteiger partial charge in [-0.15, -0.1) is 0 Å². The third kappa shape index (κ3) is 5.14. The van der Waals surface area contributed by atoms with Gasteiger partial charge < -0.3 is 20.2 Å². The van der Waals surface area contributed by atoms with Crippen LogP contribution in [0.5, 0.6) is 0 Å². The van der Waals surface area contributed by atoms with Crippen LogP contribution in [-0.4, -0.2) is 31.0 Å². The predicted molar refractivity (Wildman–Crippen MR) is 164 cm³/mol. The van der Waals surface area contributed by atoms with E-state index in [0.717, 1.165) is 59.5 Å². The lowest BCUT2D eigenvalue weighted by Crippen LogP contribution is -2.29. The van der Waals surface area contributed by atoms with Gasteiger partial charge in [0.05, 0.1) is 46.9 Å². The van der Waals surface area contributed by atoms with Crippen molar-refractivity contribution < 1.29 is 0 Å². The van der Waals surface area contributed by atoms with Crippen LogP contribution < -0.4 is 10.6 Å². The third-order valence-electron chi connectivity index (χ3n) is 8.42. The molecule has 0 aliphatic heterocycles. The average molecular weight is 542 g/mol. The van der Waals surface area contributed by atoms with Gasteiger partial charge in [0.2, 0.25) is 0 Å². The molecule has 0 amide bonds. The van der Waals surface area contributed by atoms with Crippen LogP contribution in [0.2, 0.25) is 0 Å². The fourth-order valence-electron chi connectivity index (χ4n) is 6.33. The summed E-state index contributed by atoms with van der Waals surface area (Å²) in [6, 6.07) is 29.8. The molecule has 7 nitrogen and oxygen atoms in total. The molecule has 3 heterocycles. The summed E-state index contributed by atoms with van der Waals surface area (Å²) in [5.74, 6) is 2.23. The molecule has 6 aromatic rings. The molecule has 3 aromatic heterocycles. The van der Waals surface area contributed by atoms with Gasteiger partial charge in [-0.1, -0.05) is 54.6 Å². The molecule has 3 N–H and O–H groups in total. The van der Waals surface area contributed by atoms with E-state index in [0.29, 0.717) is 13.1 Å². The first kappa shape index (κ1) is 25.6. The standard InChI is InChI=1S/C34H35N7/c1-41-31-17-8-7-15-29(31)40-33(41)22-35-20-26(23-10-3-2-4-11-23)24-18-19-36-34-25(24)12-9-16-30(34)37-21-32-38-27-13-5-6-14-28(27)39-32/h2-8,10-11,13-15,17-19,26,30,35,37H,9,12,16,20-22H2,1H3,(H,38,39). The maximum absolute atomic E-state index is 4.93. The molecule has 7 rings (SSSR count). The molecule has 0 radical (unpaired) electrons. The zero-order chi connectivity index (χ0) is 27.6. The summed E-state index contributed by atoms with van der Waals surface area (Å²) < 4.78 is 2.19. The molecule has 1 aliphatic carbocycles. The SMILES string of the molecule is Cn1c(CNCC(c2ccccc2)c2ccnc3c2CCCC3NCc2nc3ccccc3[nH]2)nc2ccccc21. The van der Waals surface area contributed by atoms with Gasteiger partial charge in [0.15, 0.2) is 0 Å². The molecule has 0 spiro atoms. The van der Waals surface area contributed by atoms with Gasteiger partial charge in [0, 0.05) is 25.7 Å². The van der Waals surface area contributed by atoms with E-state index in [1.165, 1.54) is 22.4 Å². The number of hydrogen-bond acceptors (Lipinski definition) is 5. The number of nitrogens with one attached hydrogen (secondary N) is 3. The summed E-state index contributed by atoms with van der Waals surface area (Å²) in [6.07, 6.45) is 5.26. The number of aromatic nitrogens is 5. The zero-order valence-corrected chi connectivity index (χ0v) is 23.3. The molecule has 3 aromatic carbocycles. The number of fused-ring (bicyclic) bond motifs is 3. The molecule has 0 saturated heterocycles. The Morgan fingerprint density at radius 2 is 1.71 bits per heavy atom. The Balaban J connectivity index is 1.13. The predicted octanol–water partition coefficient (Wildman–Crippen LogP) is 5.93. The minimum absolute atomic E-state index is 0.205. The van der Waals surface area contributed by atoms with Crippen LogP contribution in [0.15, 0.2) is 91.1 Å². The van der Waals surface area contributed by atoms with Crippen molar-refractivity contribution >= 4 is 22.1 Å². The number of imidazole rings is 2. The number of benzene rings is 3. The van der Waals surface area contributed by atoms with Gasteiger partial charge in [0.25, 0.3) is 0 Å². The Bertz CT molecular complexity index is 1750. The van der Waals surface area contributed by atoms with Crippen LogP contribution in [0.1, 0.15) is 58.8 Å². The maximum atomic E-state index is 4.93. The monoisotopic (exact) mass is 541 g/mol. The molecule has 2 atom stereocenters. The van der Waals surface area contributed by atoms with Gasteiger partial charge in [0.1, 0.15) is 11.6 Å². The summed E-state index contributed by atoms with van der Waals surface area (Å²) in [6.45, 7) is 2.22. The molecular weight excluding hydrogens is 506 g/mol. The molecule has 0 bridgehead atoms. The normalized spacial score (nSPS) is 15.8. The van der Waals surface area contributed by atoms with E-state index in [-0.39, 0.29) is 12.0 Å². The van der Waals surface area contributed by atoms with Crippen molar-refractivity contribution in [1.82, 2.24) is 35.1 Å². The van der Waals surface area contributed by atoms with E-state index in [2.05, 4.69) is 87.9 Å². The Kier molecular flexibility index (Phi) is 7.05.